The highest BCUT2D eigenvalue weighted by atomic mass is 16.5. The van der Waals surface area contributed by atoms with E-state index in [1.165, 1.54) is 24.8 Å². The van der Waals surface area contributed by atoms with Crippen molar-refractivity contribution in [2.24, 2.45) is 0 Å². The zero-order valence-electron chi connectivity index (χ0n) is 11.3. The minimum atomic E-state index is 0.459. The summed E-state index contributed by atoms with van der Waals surface area (Å²) in [5.41, 5.74) is 1.36. The molecule has 2 unspecified atom stereocenters. The number of pyridine rings is 1. The van der Waals surface area contributed by atoms with Crippen LogP contribution in [-0.2, 0) is 11.2 Å². The molecule has 0 radical (unpaired) electrons. The molecule has 1 aliphatic heterocycles. The van der Waals surface area contributed by atoms with Gasteiger partial charge in [-0.25, -0.2) is 0 Å². The average molecular weight is 248 g/mol. The largest absolute Gasteiger partial charge is 0.378 e. The van der Waals surface area contributed by atoms with Gasteiger partial charge < -0.3 is 10.1 Å². The predicted molar refractivity (Wildman–Crippen MR) is 73.6 cm³/mol. The summed E-state index contributed by atoms with van der Waals surface area (Å²) in [6.45, 7) is 4.24. The lowest BCUT2D eigenvalue weighted by Gasteiger charge is -2.21. The standard InChI is InChI=1S/C15H24N2O/c1-2-7-17-14(12-15-4-3-10-18-15)11-13-5-8-16-9-6-13/h5-6,8-9,14-15,17H,2-4,7,10-12H2,1H3. The first-order valence-electron chi connectivity index (χ1n) is 7.12. The monoisotopic (exact) mass is 248 g/mol. The molecule has 1 aliphatic rings. The van der Waals surface area contributed by atoms with Gasteiger partial charge in [-0.2, -0.15) is 0 Å². The van der Waals surface area contributed by atoms with E-state index in [9.17, 15) is 0 Å². The van der Waals surface area contributed by atoms with E-state index in [2.05, 4.69) is 29.4 Å². The normalized spacial score (nSPS) is 21.1. The second kappa shape index (κ2) is 7.49. The van der Waals surface area contributed by atoms with Crippen LogP contribution in [0.5, 0.6) is 0 Å². The molecular weight excluding hydrogens is 224 g/mol. The molecule has 0 amide bonds. The van der Waals surface area contributed by atoms with Crippen LogP contribution in [-0.4, -0.2) is 30.3 Å². The van der Waals surface area contributed by atoms with Crippen LogP contribution in [0.1, 0.15) is 38.2 Å². The van der Waals surface area contributed by atoms with Gasteiger partial charge in [0.25, 0.3) is 0 Å². The van der Waals surface area contributed by atoms with E-state index in [1.54, 1.807) is 0 Å². The molecule has 1 fully saturated rings. The molecule has 3 heteroatoms. The molecule has 2 rings (SSSR count). The van der Waals surface area contributed by atoms with Gasteiger partial charge in [-0.1, -0.05) is 6.92 Å². The zero-order chi connectivity index (χ0) is 12.6. The van der Waals surface area contributed by atoms with Crippen molar-refractivity contribution in [2.45, 2.75) is 51.2 Å². The highest BCUT2D eigenvalue weighted by Crippen LogP contribution is 2.18. The number of hydrogen-bond acceptors (Lipinski definition) is 3. The Balaban J connectivity index is 1.87. The Morgan fingerprint density at radius 1 is 1.44 bits per heavy atom. The summed E-state index contributed by atoms with van der Waals surface area (Å²) in [7, 11) is 0. The minimum Gasteiger partial charge on any atom is -0.378 e. The first kappa shape index (κ1) is 13.5. The first-order chi connectivity index (χ1) is 8.88. The summed E-state index contributed by atoms with van der Waals surface area (Å²) in [6, 6.07) is 4.74. The molecule has 0 aromatic carbocycles. The maximum absolute atomic E-state index is 5.75. The maximum atomic E-state index is 5.75. The number of hydrogen-bond donors (Lipinski definition) is 1. The summed E-state index contributed by atoms with van der Waals surface area (Å²) >= 11 is 0. The molecule has 3 nitrogen and oxygen atoms in total. The van der Waals surface area contributed by atoms with Crippen LogP contribution in [0.4, 0.5) is 0 Å². The van der Waals surface area contributed by atoms with Gasteiger partial charge in [0.15, 0.2) is 0 Å². The van der Waals surface area contributed by atoms with Crippen LogP contribution < -0.4 is 5.32 Å². The molecule has 100 valence electrons. The van der Waals surface area contributed by atoms with Crippen LogP contribution in [0, 0.1) is 0 Å². The van der Waals surface area contributed by atoms with Crippen molar-refractivity contribution in [3.05, 3.63) is 30.1 Å². The summed E-state index contributed by atoms with van der Waals surface area (Å²) in [5.74, 6) is 0. The van der Waals surface area contributed by atoms with Gasteiger partial charge in [0, 0.05) is 25.0 Å². The van der Waals surface area contributed by atoms with Crippen molar-refractivity contribution >= 4 is 0 Å². The minimum absolute atomic E-state index is 0.459. The third-order valence-electron chi connectivity index (χ3n) is 3.49. The Hall–Kier alpha value is -0.930. The quantitative estimate of drug-likeness (QED) is 0.805. The van der Waals surface area contributed by atoms with Crippen LogP contribution in [0.25, 0.3) is 0 Å². The van der Waals surface area contributed by atoms with Gasteiger partial charge >= 0.3 is 0 Å². The maximum Gasteiger partial charge on any atom is 0.0590 e. The molecule has 0 bridgehead atoms. The fourth-order valence-electron chi connectivity index (χ4n) is 2.54. The van der Waals surface area contributed by atoms with Gasteiger partial charge in [0.1, 0.15) is 0 Å². The van der Waals surface area contributed by atoms with Crippen molar-refractivity contribution in [2.75, 3.05) is 13.2 Å². The summed E-state index contributed by atoms with van der Waals surface area (Å²) in [5, 5.41) is 3.64. The van der Waals surface area contributed by atoms with E-state index in [4.69, 9.17) is 4.74 Å². The number of nitrogens with zero attached hydrogens (tertiary/aromatic N) is 1. The first-order valence-corrected chi connectivity index (χ1v) is 7.12. The second-order valence-corrected chi connectivity index (χ2v) is 5.08. The van der Waals surface area contributed by atoms with E-state index in [0.29, 0.717) is 12.1 Å². The van der Waals surface area contributed by atoms with Gasteiger partial charge in [-0.05, 0) is 56.3 Å². The van der Waals surface area contributed by atoms with Crippen molar-refractivity contribution < 1.29 is 4.74 Å². The van der Waals surface area contributed by atoms with Crippen molar-refractivity contribution in [3.63, 3.8) is 0 Å². The summed E-state index contributed by atoms with van der Waals surface area (Å²) in [6.07, 6.45) is 10.0. The van der Waals surface area contributed by atoms with Crippen LogP contribution in [0.3, 0.4) is 0 Å². The Kier molecular flexibility index (Phi) is 5.62. The van der Waals surface area contributed by atoms with E-state index >= 15 is 0 Å². The highest BCUT2D eigenvalue weighted by molar-refractivity contribution is 5.11. The van der Waals surface area contributed by atoms with Gasteiger partial charge in [-0.3, -0.25) is 4.98 Å². The smallest absolute Gasteiger partial charge is 0.0590 e. The third-order valence-corrected chi connectivity index (χ3v) is 3.49. The topological polar surface area (TPSA) is 34.2 Å². The Bertz CT molecular complexity index is 323. The highest BCUT2D eigenvalue weighted by Gasteiger charge is 2.20. The lowest BCUT2D eigenvalue weighted by Crippen LogP contribution is -2.35. The molecule has 1 aromatic rings. The molecule has 1 N–H and O–H groups in total. The molecule has 2 atom stereocenters. The van der Waals surface area contributed by atoms with Crippen molar-refractivity contribution in [1.29, 1.82) is 0 Å². The van der Waals surface area contributed by atoms with Gasteiger partial charge in [0.05, 0.1) is 6.10 Å². The molecule has 0 aliphatic carbocycles. The Morgan fingerprint density at radius 3 is 2.94 bits per heavy atom. The van der Waals surface area contributed by atoms with Crippen LogP contribution in [0.2, 0.25) is 0 Å². The van der Waals surface area contributed by atoms with Gasteiger partial charge in [0.2, 0.25) is 0 Å². The number of ether oxygens (including phenoxy) is 1. The molecule has 0 spiro atoms. The molecule has 0 saturated carbocycles. The SMILES string of the molecule is CCCNC(Cc1ccncc1)CC1CCCO1. The molecule has 18 heavy (non-hydrogen) atoms. The second-order valence-electron chi connectivity index (χ2n) is 5.08. The van der Waals surface area contributed by atoms with E-state index in [-0.39, 0.29) is 0 Å². The zero-order valence-corrected chi connectivity index (χ0v) is 11.3. The molecule has 2 heterocycles. The molecule has 1 saturated heterocycles. The van der Waals surface area contributed by atoms with Crippen molar-refractivity contribution in [3.8, 4) is 0 Å². The fraction of sp³-hybridized carbons (Fsp3) is 0.667. The van der Waals surface area contributed by atoms with Gasteiger partial charge in [-0.15, -0.1) is 0 Å². The molecular formula is C15H24N2O. The lowest BCUT2D eigenvalue weighted by atomic mass is 10.00. The number of rotatable bonds is 7. The van der Waals surface area contributed by atoms with Crippen LogP contribution in [0.15, 0.2) is 24.5 Å². The predicted octanol–water partition coefficient (Wildman–Crippen LogP) is 2.56. The number of aromatic nitrogens is 1. The lowest BCUT2D eigenvalue weighted by molar-refractivity contribution is 0.0946. The molecule has 1 aromatic heterocycles. The third kappa shape index (κ3) is 4.39. The summed E-state index contributed by atoms with van der Waals surface area (Å²) < 4.78 is 5.75. The van der Waals surface area contributed by atoms with Crippen molar-refractivity contribution in [1.82, 2.24) is 10.3 Å². The fourth-order valence-corrected chi connectivity index (χ4v) is 2.54. The Labute approximate surface area is 110 Å². The van der Waals surface area contributed by atoms with Crippen LogP contribution >= 0.6 is 0 Å². The van der Waals surface area contributed by atoms with E-state index in [1.807, 2.05) is 12.4 Å². The number of nitrogens with one attached hydrogen (secondary N) is 1. The summed E-state index contributed by atoms with van der Waals surface area (Å²) in [4.78, 5) is 4.07. The Morgan fingerprint density at radius 2 is 2.28 bits per heavy atom. The van der Waals surface area contributed by atoms with E-state index < -0.39 is 0 Å². The average Bonchev–Trinajstić information content (AvgIpc) is 2.90. The van der Waals surface area contributed by atoms with E-state index in [0.717, 1.165) is 26.0 Å².